The van der Waals surface area contributed by atoms with Crippen LogP contribution in [0.1, 0.15) is 26.7 Å². The number of hydrogen-bond donors (Lipinski definition) is 1. The molecule has 0 bridgehead atoms. The third-order valence-corrected chi connectivity index (χ3v) is 2.17. The average Bonchev–Trinajstić information content (AvgIpc) is 1.86. The SMILES string of the molecule is C[C-]([O-])[C@H]1C=C[C@](C)(O)CC1.[Rb+].[Re]. The molecule has 0 fully saturated rings. The maximum absolute atomic E-state index is 10.9. The van der Waals surface area contributed by atoms with Gasteiger partial charge in [0.15, 0.2) is 0 Å². The molecule has 1 N–H and O–H groups in total. The molecule has 71 valence electrons. The van der Waals surface area contributed by atoms with Crippen LogP contribution in [0.3, 0.4) is 0 Å². The van der Waals surface area contributed by atoms with E-state index in [1.54, 1.807) is 19.9 Å². The Morgan fingerprint density at radius 1 is 1.62 bits per heavy atom. The van der Waals surface area contributed by atoms with E-state index in [4.69, 9.17) is 0 Å². The van der Waals surface area contributed by atoms with Crippen LogP contribution in [0.4, 0.5) is 0 Å². The first kappa shape index (κ1) is 17.5. The normalized spacial score (nSPS) is 32.2. The van der Waals surface area contributed by atoms with Gasteiger partial charge in [-0.1, -0.05) is 12.5 Å². The van der Waals surface area contributed by atoms with Gasteiger partial charge in [0.2, 0.25) is 0 Å². The van der Waals surface area contributed by atoms with Crippen LogP contribution in [0.25, 0.3) is 0 Å². The molecule has 1 rings (SSSR count). The van der Waals surface area contributed by atoms with E-state index in [1.807, 2.05) is 6.08 Å². The molecule has 13 heavy (non-hydrogen) atoms. The molecule has 1 aliphatic carbocycles. The molecule has 0 saturated heterocycles. The summed E-state index contributed by atoms with van der Waals surface area (Å²) in [5.41, 5.74) is -0.689. The Hall–Kier alpha value is 2.13. The van der Waals surface area contributed by atoms with Crippen molar-refractivity contribution in [3.05, 3.63) is 18.3 Å². The predicted octanol–water partition coefficient (Wildman–Crippen LogP) is -2.38. The summed E-state index contributed by atoms with van der Waals surface area (Å²) in [4.78, 5) is 0. The van der Waals surface area contributed by atoms with Crippen LogP contribution in [-0.2, 0) is 20.4 Å². The summed E-state index contributed by atoms with van der Waals surface area (Å²) in [6.45, 7) is 3.36. The van der Waals surface area contributed by atoms with Gasteiger partial charge in [-0.3, -0.25) is 0 Å². The Labute approximate surface area is 143 Å². The first-order valence-corrected chi connectivity index (χ1v) is 3.93. The molecule has 0 aromatic carbocycles. The van der Waals surface area contributed by atoms with Gasteiger partial charge in [-0.25, -0.2) is 6.92 Å². The largest absolute Gasteiger partial charge is 1.03 e. The maximum atomic E-state index is 10.9. The monoisotopic (exact) mass is 426 g/mol. The fourth-order valence-corrected chi connectivity index (χ4v) is 1.29. The van der Waals surface area contributed by atoms with Gasteiger partial charge in [-0.2, -0.15) is 5.92 Å². The van der Waals surface area contributed by atoms with E-state index in [2.05, 4.69) is 0 Å². The summed E-state index contributed by atoms with van der Waals surface area (Å²) < 4.78 is 0. The van der Waals surface area contributed by atoms with Gasteiger partial charge in [0, 0.05) is 20.4 Å². The van der Waals surface area contributed by atoms with Crippen molar-refractivity contribution in [2.24, 2.45) is 5.92 Å². The van der Waals surface area contributed by atoms with Crippen molar-refractivity contribution in [2.45, 2.75) is 32.3 Å². The zero-order chi connectivity index (χ0) is 8.48. The van der Waals surface area contributed by atoms with Crippen LogP contribution in [0.5, 0.6) is 0 Å². The molecule has 2 atom stereocenters. The first-order valence-electron chi connectivity index (χ1n) is 3.93. The number of hydrogen-bond acceptors (Lipinski definition) is 2. The van der Waals surface area contributed by atoms with Gasteiger partial charge in [0.05, 0.1) is 5.60 Å². The summed E-state index contributed by atoms with van der Waals surface area (Å²) >= 11 is 0. The van der Waals surface area contributed by atoms with E-state index in [9.17, 15) is 10.2 Å². The van der Waals surface area contributed by atoms with Crippen molar-refractivity contribution >= 4 is 0 Å². The van der Waals surface area contributed by atoms with Crippen molar-refractivity contribution < 1.29 is 88.8 Å². The summed E-state index contributed by atoms with van der Waals surface area (Å²) in [6.07, 6.45) is 5.19. The third kappa shape index (κ3) is 6.32. The van der Waals surface area contributed by atoms with Gasteiger partial charge in [-0.05, 0) is 13.3 Å². The van der Waals surface area contributed by atoms with Crippen LogP contribution in [0.15, 0.2) is 12.2 Å². The summed E-state index contributed by atoms with van der Waals surface area (Å²) in [7, 11) is 0. The topological polar surface area (TPSA) is 43.3 Å². The standard InChI is InChI=1S/C9H14O2.Rb.Re/c1-7(10)8-3-5-9(2,11)6-4-8;;/h3,5,8,11H,4,6H2,1-2H3;;/q-2;+1;/t8-,9-;;/m0../s1. The minimum atomic E-state index is -0.689. The van der Waals surface area contributed by atoms with Gasteiger partial charge in [-0.15, -0.1) is 6.08 Å². The molecule has 0 aromatic rings. The third-order valence-electron chi connectivity index (χ3n) is 2.17. The van der Waals surface area contributed by atoms with Gasteiger partial charge < -0.3 is 16.3 Å². The van der Waals surface area contributed by atoms with Crippen molar-refractivity contribution in [3.8, 4) is 0 Å². The fourth-order valence-electron chi connectivity index (χ4n) is 1.29. The minimum Gasteiger partial charge on any atom is -1.03 e. The molecule has 1 radical (unpaired) electrons. The minimum absolute atomic E-state index is 0. The molecule has 0 aromatic heterocycles. The second-order valence-electron chi connectivity index (χ2n) is 3.47. The first-order chi connectivity index (χ1) is 5.01. The molecule has 0 unspecified atom stereocenters. The van der Waals surface area contributed by atoms with E-state index in [1.165, 1.54) is 0 Å². The van der Waals surface area contributed by atoms with Crippen molar-refractivity contribution in [1.29, 1.82) is 0 Å². The van der Waals surface area contributed by atoms with Crippen LogP contribution in [0.2, 0.25) is 0 Å². The zero-order valence-corrected chi connectivity index (χ0v) is 16.0. The van der Waals surface area contributed by atoms with Gasteiger partial charge in [0.25, 0.3) is 0 Å². The summed E-state index contributed by atoms with van der Waals surface area (Å²) in [5, 5.41) is 20.4. The van der Waals surface area contributed by atoms with Crippen molar-refractivity contribution in [2.75, 3.05) is 0 Å². The maximum Gasteiger partial charge on any atom is 1.00 e. The predicted molar refractivity (Wildman–Crippen MR) is 41.4 cm³/mol. The quantitative estimate of drug-likeness (QED) is 0.376. The molecule has 4 heteroatoms. The molecule has 0 amide bonds. The molecule has 0 aliphatic heterocycles. The Morgan fingerprint density at radius 2 is 2.15 bits per heavy atom. The molecule has 1 aliphatic rings. The van der Waals surface area contributed by atoms with Crippen LogP contribution in [-0.4, -0.2) is 10.7 Å². The summed E-state index contributed by atoms with van der Waals surface area (Å²) in [5.74, 6) is 0.0372. The summed E-state index contributed by atoms with van der Waals surface area (Å²) in [6, 6.07) is 0. The second kappa shape index (κ2) is 7.41. The van der Waals surface area contributed by atoms with Crippen molar-refractivity contribution in [1.82, 2.24) is 0 Å². The number of rotatable bonds is 1. The van der Waals surface area contributed by atoms with Crippen LogP contribution in [0, 0.1) is 12.0 Å². The van der Waals surface area contributed by atoms with Gasteiger partial charge >= 0.3 is 58.2 Å². The van der Waals surface area contributed by atoms with Crippen LogP contribution >= 0.6 is 0 Å². The Kier molecular flexibility index (Phi) is 9.98. The van der Waals surface area contributed by atoms with E-state index in [0.29, 0.717) is 6.42 Å². The van der Waals surface area contributed by atoms with Crippen molar-refractivity contribution in [3.63, 3.8) is 0 Å². The Bertz CT molecular complexity index is 169. The van der Waals surface area contributed by atoms with E-state index >= 15 is 0 Å². The van der Waals surface area contributed by atoms with Crippen LogP contribution < -0.4 is 63.3 Å². The molecular weight excluding hydrogens is 412 g/mol. The average molecular weight is 426 g/mol. The Balaban J connectivity index is 0. The molecule has 0 saturated carbocycles. The van der Waals surface area contributed by atoms with E-state index in [-0.39, 0.29) is 90.6 Å². The molecule has 0 spiro atoms. The fraction of sp³-hybridized carbons (Fsp3) is 0.667. The van der Waals surface area contributed by atoms with Gasteiger partial charge in [0.1, 0.15) is 0 Å². The van der Waals surface area contributed by atoms with E-state index < -0.39 is 5.60 Å². The number of aliphatic hydroxyl groups is 1. The van der Waals surface area contributed by atoms with E-state index in [0.717, 1.165) is 6.42 Å². The second-order valence-corrected chi connectivity index (χ2v) is 3.47. The molecular formula is C9H14O2RbRe-. The smallest absolute Gasteiger partial charge is 1.00 e. The molecule has 0 heterocycles. The Morgan fingerprint density at radius 3 is 2.46 bits per heavy atom. The molecule has 2 nitrogen and oxygen atoms in total. The zero-order valence-electron chi connectivity index (χ0n) is 8.38.